The van der Waals surface area contributed by atoms with E-state index in [1.807, 2.05) is 11.8 Å². The van der Waals surface area contributed by atoms with Crippen LogP contribution < -0.4 is 10.6 Å². The summed E-state index contributed by atoms with van der Waals surface area (Å²) in [6.45, 7) is 4.79. The van der Waals surface area contributed by atoms with Crippen molar-refractivity contribution in [3.05, 3.63) is 0 Å². The van der Waals surface area contributed by atoms with Gasteiger partial charge >= 0.3 is 0 Å². The van der Waals surface area contributed by atoms with Crippen molar-refractivity contribution in [1.82, 2.24) is 10.6 Å². The molecule has 1 saturated heterocycles. The van der Waals surface area contributed by atoms with E-state index in [1.165, 1.54) is 12.2 Å². The molecule has 0 aromatic carbocycles. The summed E-state index contributed by atoms with van der Waals surface area (Å²) in [4.78, 5) is 11.7. The largest absolute Gasteiger partial charge is 0.356 e. The fourth-order valence-electron chi connectivity index (χ4n) is 1.88. The first-order valence-electron chi connectivity index (χ1n) is 5.73. The Labute approximate surface area is 96.8 Å². The molecule has 4 heteroatoms. The van der Waals surface area contributed by atoms with E-state index in [2.05, 4.69) is 23.8 Å². The second kappa shape index (κ2) is 7.12. The number of carbonyl (C=O) groups is 1. The van der Waals surface area contributed by atoms with Gasteiger partial charge in [-0.3, -0.25) is 4.79 Å². The van der Waals surface area contributed by atoms with Gasteiger partial charge in [-0.1, -0.05) is 6.92 Å². The van der Waals surface area contributed by atoms with E-state index in [-0.39, 0.29) is 11.8 Å². The average Bonchev–Trinajstić information content (AvgIpc) is 2.64. The Hall–Kier alpha value is -0.220. The van der Waals surface area contributed by atoms with Crippen molar-refractivity contribution in [1.29, 1.82) is 0 Å². The number of rotatable bonds is 6. The van der Waals surface area contributed by atoms with Crippen LogP contribution in [0.15, 0.2) is 0 Å². The quantitative estimate of drug-likeness (QED) is 0.671. The molecule has 0 aromatic heterocycles. The van der Waals surface area contributed by atoms with Gasteiger partial charge in [0.2, 0.25) is 5.91 Å². The Bertz CT molecular complexity index is 199. The van der Waals surface area contributed by atoms with E-state index in [0.29, 0.717) is 5.92 Å². The molecule has 88 valence electrons. The molecule has 1 rings (SSSR count). The lowest BCUT2D eigenvalue weighted by Gasteiger charge is -2.13. The Morgan fingerprint density at radius 1 is 1.47 bits per heavy atom. The van der Waals surface area contributed by atoms with Gasteiger partial charge in [-0.15, -0.1) is 0 Å². The lowest BCUT2D eigenvalue weighted by atomic mass is 9.97. The minimum absolute atomic E-state index is 0.186. The maximum Gasteiger partial charge on any atom is 0.224 e. The molecule has 0 bridgehead atoms. The lowest BCUT2D eigenvalue weighted by molar-refractivity contribution is -0.125. The molecular weight excluding hydrogens is 208 g/mol. The van der Waals surface area contributed by atoms with E-state index in [0.717, 1.165) is 26.1 Å². The molecule has 0 saturated carbocycles. The topological polar surface area (TPSA) is 41.1 Å². The van der Waals surface area contributed by atoms with Crippen molar-refractivity contribution < 1.29 is 4.79 Å². The molecule has 0 spiro atoms. The maximum absolute atomic E-state index is 11.7. The smallest absolute Gasteiger partial charge is 0.224 e. The normalized spacial score (nSPS) is 25.5. The molecule has 2 N–H and O–H groups in total. The Kier molecular flexibility index (Phi) is 6.10. The van der Waals surface area contributed by atoms with Gasteiger partial charge in [-0.2, -0.15) is 11.8 Å². The highest BCUT2D eigenvalue weighted by atomic mass is 32.2. The van der Waals surface area contributed by atoms with Crippen molar-refractivity contribution in [2.24, 2.45) is 11.8 Å². The van der Waals surface area contributed by atoms with Gasteiger partial charge in [0.25, 0.3) is 0 Å². The summed E-state index contributed by atoms with van der Waals surface area (Å²) in [7, 11) is 0. The Morgan fingerprint density at radius 2 is 2.27 bits per heavy atom. The van der Waals surface area contributed by atoms with Crippen LogP contribution in [0.4, 0.5) is 0 Å². The minimum Gasteiger partial charge on any atom is -0.356 e. The van der Waals surface area contributed by atoms with Crippen molar-refractivity contribution in [2.45, 2.75) is 19.8 Å². The molecular formula is C11H22N2OS. The van der Waals surface area contributed by atoms with Gasteiger partial charge in [-0.05, 0) is 37.3 Å². The summed E-state index contributed by atoms with van der Waals surface area (Å²) >= 11 is 1.86. The highest BCUT2D eigenvalue weighted by Gasteiger charge is 2.28. The molecule has 1 amide bonds. The summed E-state index contributed by atoms with van der Waals surface area (Å²) in [5.41, 5.74) is 0. The van der Waals surface area contributed by atoms with Crippen LogP contribution in [0.2, 0.25) is 0 Å². The number of hydrogen-bond acceptors (Lipinski definition) is 3. The number of unbranched alkanes of at least 4 members (excludes halogenated alkanes) is 1. The SMILES string of the molecule is CSCCCCNC(=O)[C@@H]1CNC[C@H]1C. The zero-order valence-electron chi connectivity index (χ0n) is 9.71. The van der Waals surface area contributed by atoms with Crippen LogP contribution >= 0.6 is 11.8 Å². The van der Waals surface area contributed by atoms with Crippen LogP contribution in [0, 0.1) is 11.8 Å². The average molecular weight is 230 g/mol. The van der Waals surface area contributed by atoms with Crippen molar-refractivity contribution >= 4 is 17.7 Å². The highest BCUT2D eigenvalue weighted by molar-refractivity contribution is 7.98. The summed E-state index contributed by atoms with van der Waals surface area (Å²) in [6, 6.07) is 0. The third-order valence-corrected chi connectivity index (χ3v) is 3.63. The molecule has 0 aliphatic carbocycles. The molecule has 1 heterocycles. The van der Waals surface area contributed by atoms with E-state index in [9.17, 15) is 4.79 Å². The third-order valence-electron chi connectivity index (χ3n) is 2.93. The molecule has 0 aromatic rings. The lowest BCUT2D eigenvalue weighted by Crippen LogP contribution is -2.34. The van der Waals surface area contributed by atoms with Gasteiger partial charge in [0.15, 0.2) is 0 Å². The monoisotopic (exact) mass is 230 g/mol. The molecule has 0 radical (unpaired) electrons. The second-order valence-corrected chi connectivity index (χ2v) is 5.22. The number of hydrogen-bond donors (Lipinski definition) is 2. The van der Waals surface area contributed by atoms with Crippen molar-refractivity contribution in [2.75, 3.05) is 31.6 Å². The standard InChI is InChI=1S/C11H22N2OS/c1-9-7-12-8-10(9)11(14)13-5-3-4-6-15-2/h9-10,12H,3-8H2,1-2H3,(H,13,14)/t9-,10-/m1/s1. The van der Waals surface area contributed by atoms with Crippen molar-refractivity contribution in [3.8, 4) is 0 Å². The molecule has 2 atom stereocenters. The predicted octanol–water partition coefficient (Wildman–Crippen LogP) is 1.10. The highest BCUT2D eigenvalue weighted by Crippen LogP contribution is 2.15. The molecule has 0 unspecified atom stereocenters. The molecule has 3 nitrogen and oxygen atoms in total. The first kappa shape index (κ1) is 12.8. The summed E-state index contributed by atoms with van der Waals surface area (Å²) in [5.74, 6) is 2.09. The fraction of sp³-hybridized carbons (Fsp3) is 0.909. The number of carbonyl (C=O) groups excluding carboxylic acids is 1. The summed E-state index contributed by atoms with van der Waals surface area (Å²) in [6.07, 6.45) is 4.41. The minimum atomic E-state index is 0.186. The Balaban J connectivity index is 2.08. The maximum atomic E-state index is 11.7. The van der Waals surface area contributed by atoms with Crippen LogP contribution in [-0.4, -0.2) is 37.6 Å². The van der Waals surface area contributed by atoms with E-state index in [4.69, 9.17) is 0 Å². The van der Waals surface area contributed by atoms with Crippen molar-refractivity contribution in [3.63, 3.8) is 0 Å². The van der Waals surface area contributed by atoms with Gasteiger partial charge < -0.3 is 10.6 Å². The zero-order chi connectivity index (χ0) is 11.1. The molecule has 1 fully saturated rings. The van der Waals surface area contributed by atoms with Crippen LogP contribution in [0.3, 0.4) is 0 Å². The van der Waals surface area contributed by atoms with E-state index >= 15 is 0 Å². The van der Waals surface area contributed by atoms with E-state index < -0.39 is 0 Å². The van der Waals surface area contributed by atoms with Crippen LogP contribution in [0.5, 0.6) is 0 Å². The number of amides is 1. The fourth-order valence-corrected chi connectivity index (χ4v) is 2.37. The van der Waals surface area contributed by atoms with Crippen LogP contribution in [0.1, 0.15) is 19.8 Å². The van der Waals surface area contributed by atoms with Gasteiger partial charge in [0, 0.05) is 13.1 Å². The molecule has 15 heavy (non-hydrogen) atoms. The van der Waals surface area contributed by atoms with E-state index in [1.54, 1.807) is 0 Å². The molecule has 1 aliphatic heterocycles. The van der Waals surface area contributed by atoms with Gasteiger partial charge in [0.1, 0.15) is 0 Å². The number of thioether (sulfide) groups is 1. The third kappa shape index (κ3) is 4.43. The summed E-state index contributed by atoms with van der Waals surface area (Å²) < 4.78 is 0. The summed E-state index contributed by atoms with van der Waals surface area (Å²) in [5, 5.41) is 6.28. The Morgan fingerprint density at radius 3 is 2.87 bits per heavy atom. The van der Waals surface area contributed by atoms with Gasteiger partial charge in [0.05, 0.1) is 5.92 Å². The second-order valence-electron chi connectivity index (χ2n) is 4.23. The van der Waals surface area contributed by atoms with Gasteiger partial charge in [-0.25, -0.2) is 0 Å². The predicted molar refractivity (Wildman–Crippen MR) is 66.1 cm³/mol. The first-order valence-corrected chi connectivity index (χ1v) is 7.12. The van der Waals surface area contributed by atoms with Crippen LogP contribution in [-0.2, 0) is 4.79 Å². The molecule has 1 aliphatic rings. The first-order chi connectivity index (χ1) is 7.25. The number of nitrogens with one attached hydrogen (secondary N) is 2. The zero-order valence-corrected chi connectivity index (χ0v) is 10.5. The van der Waals surface area contributed by atoms with Crippen LogP contribution in [0.25, 0.3) is 0 Å².